The van der Waals surface area contributed by atoms with Crippen molar-refractivity contribution in [3.63, 3.8) is 0 Å². The molecule has 0 aromatic carbocycles. The number of hydrogen-bond acceptors (Lipinski definition) is 3. The number of nitrogen functional groups attached to an aromatic ring is 1. The van der Waals surface area contributed by atoms with Crippen molar-refractivity contribution >= 4 is 11.6 Å². The summed E-state index contributed by atoms with van der Waals surface area (Å²) >= 11 is 0. The molecule has 5 nitrogen and oxygen atoms in total. The number of carbonyl (C=O) groups is 1. The van der Waals surface area contributed by atoms with Crippen LogP contribution in [0.25, 0.3) is 0 Å². The van der Waals surface area contributed by atoms with Gasteiger partial charge in [0.2, 0.25) is 0 Å². The molecule has 1 amide bonds. The van der Waals surface area contributed by atoms with Crippen LogP contribution >= 0.6 is 0 Å². The molecule has 5 heteroatoms. The summed E-state index contributed by atoms with van der Waals surface area (Å²) in [5, 5.41) is 6.45. The van der Waals surface area contributed by atoms with Crippen LogP contribution in [-0.4, -0.2) is 34.1 Å². The van der Waals surface area contributed by atoms with Crippen LogP contribution in [0.5, 0.6) is 0 Å². The van der Waals surface area contributed by atoms with E-state index in [0.29, 0.717) is 17.3 Å². The number of aromatic amines is 1. The summed E-state index contributed by atoms with van der Waals surface area (Å²) in [5.41, 5.74) is 6.54. The topological polar surface area (TPSA) is 75.0 Å². The van der Waals surface area contributed by atoms with Gasteiger partial charge < -0.3 is 10.6 Å². The van der Waals surface area contributed by atoms with Gasteiger partial charge in [-0.15, -0.1) is 0 Å². The van der Waals surface area contributed by atoms with Crippen molar-refractivity contribution in [1.82, 2.24) is 15.1 Å². The van der Waals surface area contributed by atoms with Crippen LogP contribution in [-0.2, 0) is 0 Å². The van der Waals surface area contributed by atoms with E-state index >= 15 is 0 Å². The zero-order valence-corrected chi connectivity index (χ0v) is 9.57. The first-order chi connectivity index (χ1) is 7.72. The number of nitrogens with zero attached hydrogens (tertiary/aromatic N) is 2. The molecule has 3 N–H and O–H groups in total. The molecule has 2 rings (SSSR count). The molecule has 1 aromatic rings. The second-order valence-electron chi connectivity index (χ2n) is 4.39. The van der Waals surface area contributed by atoms with E-state index in [4.69, 9.17) is 5.73 Å². The number of H-pyrrole nitrogens is 1. The lowest BCUT2D eigenvalue weighted by Crippen LogP contribution is -2.34. The lowest BCUT2D eigenvalue weighted by atomic mass is 10.2. The van der Waals surface area contributed by atoms with E-state index in [9.17, 15) is 4.79 Å². The molecule has 0 radical (unpaired) electrons. The van der Waals surface area contributed by atoms with Crippen LogP contribution in [0, 0.1) is 5.92 Å². The average molecular weight is 222 g/mol. The third kappa shape index (κ3) is 2.35. The molecule has 0 spiro atoms. The van der Waals surface area contributed by atoms with Gasteiger partial charge in [-0.3, -0.25) is 9.89 Å². The van der Waals surface area contributed by atoms with Crippen molar-refractivity contribution in [3.05, 3.63) is 11.9 Å². The zero-order chi connectivity index (χ0) is 11.5. The molecule has 16 heavy (non-hydrogen) atoms. The molecule has 0 saturated heterocycles. The van der Waals surface area contributed by atoms with E-state index in [1.54, 1.807) is 0 Å². The Balaban J connectivity index is 2.06. The fourth-order valence-electron chi connectivity index (χ4n) is 1.78. The van der Waals surface area contributed by atoms with Crippen molar-refractivity contribution < 1.29 is 4.79 Å². The van der Waals surface area contributed by atoms with E-state index in [1.807, 2.05) is 4.90 Å². The first kappa shape index (κ1) is 11.0. The summed E-state index contributed by atoms with van der Waals surface area (Å²) in [6.45, 7) is 3.71. The summed E-state index contributed by atoms with van der Waals surface area (Å²) in [5.74, 6) is 0.670. The first-order valence-corrected chi connectivity index (χ1v) is 5.80. The smallest absolute Gasteiger partial charge is 0.274 e. The fourth-order valence-corrected chi connectivity index (χ4v) is 1.78. The Morgan fingerprint density at radius 1 is 1.69 bits per heavy atom. The summed E-state index contributed by atoms with van der Waals surface area (Å²) in [6.07, 6.45) is 4.93. The van der Waals surface area contributed by atoms with Gasteiger partial charge in [0.1, 0.15) is 5.69 Å². The summed E-state index contributed by atoms with van der Waals surface area (Å²) < 4.78 is 0. The number of aromatic nitrogens is 2. The normalized spacial score (nSPS) is 15.1. The molecule has 1 aliphatic carbocycles. The number of anilines is 1. The minimum absolute atomic E-state index is 0.0243. The summed E-state index contributed by atoms with van der Waals surface area (Å²) in [4.78, 5) is 14.0. The lowest BCUT2D eigenvalue weighted by molar-refractivity contribution is 0.0743. The Hall–Kier alpha value is -1.52. The predicted molar refractivity (Wildman–Crippen MR) is 61.9 cm³/mol. The number of amides is 1. The van der Waals surface area contributed by atoms with Gasteiger partial charge in [-0.05, 0) is 25.2 Å². The predicted octanol–water partition coefficient (Wildman–Crippen LogP) is 1.25. The molecule has 0 bridgehead atoms. The molecule has 1 saturated carbocycles. The van der Waals surface area contributed by atoms with Crippen LogP contribution < -0.4 is 5.73 Å². The zero-order valence-electron chi connectivity index (χ0n) is 9.57. The first-order valence-electron chi connectivity index (χ1n) is 5.80. The number of nitrogens with two attached hydrogens (primary N) is 1. The Morgan fingerprint density at radius 2 is 2.44 bits per heavy atom. The Morgan fingerprint density at radius 3 is 2.94 bits per heavy atom. The van der Waals surface area contributed by atoms with E-state index in [-0.39, 0.29) is 5.91 Å². The van der Waals surface area contributed by atoms with Crippen molar-refractivity contribution in [2.24, 2.45) is 5.92 Å². The van der Waals surface area contributed by atoms with Gasteiger partial charge in [0.05, 0.1) is 11.9 Å². The maximum atomic E-state index is 12.2. The molecule has 1 aromatic heterocycles. The molecule has 88 valence electrons. The lowest BCUT2D eigenvalue weighted by Gasteiger charge is -2.21. The molecular formula is C11H18N4O. The molecular weight excluding hydrogens is 204 g/mol. The number of rotatable bonds is 5. The fraction of sp³-hybridized carbons (Fsp3) is 0.636. The van der Waals surface area contributed by atoms with E-state index in [2.05, 4.69) is 17.1 Å². The Kier molecular flexibility index (Phi) is 3.12. The molecule has 0 atom stereocenters. The molecule has 1 heterocycles. The van der Waals surface area contributed by atoms with Crippen LogP contribution in [0.15, 0.2) is 6.20 Å². The highest BCUT2D eigenvalue weighted by molar-refractivity contribution is 5.97. The summed E-state index contributed by atoms with van der Waals surface area (Å²) in [6, 6.07) is 0. The maximum absolute atomic E-state index is 12.2. The van der Waals surface area contributed by atoms with Gasteiger partial charge in [0, 0.05) is 13.1 Å². The Bertz CT molecular complexity index is 370. The van der Waals surface area contributed by atoms with Crippen molar-refractivity contribution in [2.75, 3.05) is 18.8 Å². The molecule has 1 fully saturated rings. The molecule has 0 aliphatic heterocycles. The van der Waals surface area contributed by atoms with Crippen molar-refractivity contribution in [3.8, 4) is 0 Å². The third-order valence-electron chi connectivity index (χ3n) is 2.84. The van der Waals surface area contributed by atoms with Crippen LogP contribution in [0.1, 0.15) is 36.7 Å². The SMILES string of the molecule is CCCN(CC1CC1)C(=O)c1[nH]ncc1N. The van der Waals surface area contributed by atoms with E-state index < -0.39 is 0 Å². The highest BCUT2D eigenvalue weighted by Crippen LogP contribution is 2.30. The minimum atomic E-state index is -0.0243. The van der Waals surface area contributed by atoms with Crippen LogP contribution in [0.2, 0.25) is 0 Å². The number of hydrogen-bond donors (Lipinski definition) is 2. The van der Waals surface area contributed by atoms with Crippen LogP contribution in [0.3, 0.4) is 0 Å². The summed E-state index contributed by atoms with van der Waals surface area (Å²) in [7, 11) is 0. The van der Waals surface area contributed by atoms with Crippen molar-refractivity contribution in [2.45, 2.75) is 26.2 Å². The Labute approximate surface area is 95.0 Å². The van der Waals surface area contributed by atoms with Crippen molar-refractivity contribution in [1.29, 1.82) is 0 Å². The third-order valence-corrected chi connectivity index (χ3v) is 2.84. The van der Waals surface area contributed by atoms with Gasteiger partial charge in [0.25, 0.3) is 5.91 Å². The number of carbonyl (C=O) groups excluding carboxylic acids is 1. The van der Waals surface area contributed by atoms with Gasteiger partial charge in [-0.2, -0.15) is 5.10 Å². The monoisotopic (exact) mass is 222 g/mol. The molecule has 1 aliphatic rings. The quantitative estimate of drug-likeness (QED) is 0.787. The highest BCUT2D eigenvalue weighted by atomic mass is 16.2. The van der Waals surface area contributed by atoms with Gasteiger partial charge in [-0.25, -0.2) is 0 Å². The van der Waals surface area contributed by atoms with Gasteiger partial charge >= 0.3 is 0 Å². The molecule has 0 unspecified atom stereocenters. The second kappa shape index (κ2) is 4.55. The van der Waals surface area contributed by atoms with E-state index in [1.165, 1.54) is 19.0 Å². The standard InChI is InChI=1S/C11H18N4O/c1-2-5-15(7-8-3-4-8)11(16)10-9(12)6-13-14-10/h6,8H,2-5,7,12H2,1H3,(H,13,14). The van der Waals surface area contributed by atoms with E-state index in [0.717, 1.165) is 19.5 Å². The van der Waals surface area contributed by atoms with Gasteiger partial charge in [-0.1, -0.05) is 6.92 Å². The second-order valence-corrected chi connectivity index (χ2v) is 4.39. The van der Waals surface area contributed by atoms with Crippen LogP contribution in [0.4, 0.5) is 5.69 Å². The van der Waals surface area contributed by atoms with Gasteiger partial charge in [0.15, 0.2) is 0 Å². The minimum Gasteiger partial charge on any atom is -0.396 e. The average Bonchev–Trinajstić information content (AvgIpc) is 2.98. The largest absolute Gasteiger partial charge is 0.396 e. The highest BCUT2D eigenvalue weighted by Gasteiger charge is 2.28. The number of nitrogens with one attached hydrogen (secondary N) is 1. The maximum Gasteiger partial charge on any atom is 0.274 e.